The molecule has 0 heterocycles. The Kier molecular flexibility index (Phi) is 4.97. The first-order chi connectivity index (χ1) is 9.99. The largest absolute Gasteiger partial charge is 0.489 e. The Labute approximate surface area is 126 Å². The van der Waals surface area contributed by atoms with E-state index in [4.69, 9.17) is 4.74 Å². The van der Waals surface area contributed by atoms with Crippen molar-refractivity contribution in [3.05, 3.63) is 64.5 Å². The highest BCUT2D eigenvalue weighted by Crippen LogP contribution is 2.22. The lowest BCUT2D eigenvalue weighted by atomic mass is 10.1. The molecule has 0 amide bonds. The zero-order chi connectivity index (χ0) is 15.4. The number of rotatable bonds is 5. The van der Waals surface area contributed by atoms with Crippen molar-refractivity contribution in [2.75, 3.05) is 7.05 Å². The first-order valence-corrected chi connectivity index (χ1v) is 7.16. The lowest BCUT2D eigenvalue weighted by molar-refractivity contribution is 0.304. The van der Waals surface area contributed by atoms with Gasteiger partial charge >= 0.3 is 0 Å². The quantitative estimate of drug-likeness (QED) is 0.885. The van der Waals surface area contributed by atoms with E-state index >= 15 is 0 Å². The second-order valence-electron chi connectivity index (χ2n) is 5.48. The molecule has 2 nitrogen and oxygen atoms in total. The maximum Gasteiger partial charge on any atom is 0.131 e. The molecule has 1 N–H and O–H groups in total. The number of aryl methyl sites for hydroxylation is 2. The molecule has 0 radical (unpaired) electrons. The van der Waals surface area contributed by atoms with Gasteiger partial charge in [0.2, 0.25) is 0 Å². The van der Waals surface area contributed by atoms with Crippen LogP contribution in [0.5, 0.6) is 5.75 Å². The van der Waals surface area contributed by atoms with Gasteiger partial charge in [0.1, 0.15) is 18.2 Å². The van der Waals surface area contributed by atoms with E-state index in [2.05, 4.69) is 37.4 Å². The van der Waals surface area contributed by atoms with Gasteiger partial charge in [-0.15, -0.1) is 0 Å². The molecular formula is C18H22FNO. The molecule has 2 aromatic carbocycles. The van der Waals surface area contributed by atoms with E-state index in [1.165, 1.54) is 17.2 Å². The summed E-state index contributed by atoms with van der Waals surface area (Å²) in [6.45, 7) is 6.49. The Balaban J connectivity index is 2.08. The topological polar surface area (TPSA) is 21.3 Å². The maximum atomic E-state index is 14.0. The van der Waals surface area contributed by atoms with E-state index in [1.54, 1.807) is 6.07 Å². The highest BCUT2D eigenvalue weighted by Gasteiger charge is 2.10. The molecule has 0 aliphatic heterocycles. The van der Waals surface area contributed by atoms with Crippen molar-refractivity contribution in [2.24, 2.45) is 0 Å². The number of benzene rings is 2. The molecule has 0 saturated carbocycles. The molecule has 21 heavy (non-hydrogen) atoms. The van der Waals surface area contributed by atoms with Gasteiger partial charge in [0.25, 0.3) is 0 Å². The van der Waals surface area contributed by atoms with E-state index in [0.29, 0.717) is 17.9 Å². The van der Waals surface area contributed by atoms with Crippen molar-refractivity contribution < 1.29 is 9.13 Å². The van der Waals surface area contributed by atoms with Crippen molar-refractivity contribution in [3.8, 4) is 5.75 Å². The van der Waals surface area contributed by atoms with E-state index < -0.39 is 0 Å². The van der Waals surface area contributed by atoms with Gasteiger partial charge in [0.05, 0.1) is 0 Å². The summed E-state index contributed by atoms with van der Waals surface area (Å²) in [6.07, 6.45) is 0. The van der Waals surface area contributed by atoms with Gasteiger partial charge in [-0.1, -0.05) is 35.4 Å². The van der Waals surface area contributed by atoms with Crippen LogP contribution >= 0.6 is 0 Å². The molecule has 112 valence electrons. The Morgan fingerprint density at radius 3 is 2.33 bits per heavy atom. The average Bonchev–Trinajstić information content (AvgIpc) is 2.43. The molecule has 0 aliphatic carbocycles. The number of nitrogens with one attached hydrogen (secondary N) is 1. The molecule has 0 fully saturated rings. The summed E-state index contributed by atoms with van der Waals surface area (Å²) in [7, 11) is 1.81. The Morgan fingerprint density at radius 1 is 1.10 bits per heavy atom. The summed E-state index contributed by atoms with van der Waals surface area (Å²) in [4.78, 5) is 0. The fraction of sp³-hybridized carbons (Fsp3) is 0.333. The van der Waals surface area contributed by atoms with Crippen molar-refractivity contribution >= 4 is 0 Å². The maximum absolute atomic E-state index is 14.0. The predicted octanol–water partition coefficient (Wildman–Crippen LogP) is 4.30. The van der Waals surface area contributed by atoms with E-state index in [0.717, 1.165) is 5.56 Å². The van der Waals surface area contributed by atoms with Crippen LogP contribution in [0.4, 0.5) is 4.39 Å². The van der Waals surface area contributed by atoms with Gasteiger partial charge in [-0.3, -0.25) is 0 Å². The highest BCUT2D eigenvalue weighted by molar-refractivity contribution is 5.32. The summed E-state index contributed by atoms with van der Waals surface area (Å²) >= 11 is 0. The SMILES string of the molecule is CNC(C)c1ccc(OCc2cc(C)cc(C)c2)cc1F. The Bertz CT molecular complexity index is 604. The molecule has 0 saturated heterocycles. The van der Waals surface area contributed by atoms with Gasteiger partial charge in [-0.05, 0) is 39.4 Å². The van der Waals surface area contributed by atoms with Crippen molar-refractivity contribution in [3.63, 3.8) is 0 Å². The standard InChI is InChI=1S/C18H22FNO/c1-12-7-13(2)9-15(8-12)11-21-16-5-6-17(14(3)20-4)18(19)10-16/h5-10,14,20H,11H2,1-4H3. The molecule has 0 aliphatic rings. The van der Waals surface area contributed by atoms with Crippen molar-refractivity contribution in [1.82, 2.24) is 5.32 Å². The third kappa shape index (κ3) is 4.05. The molecule has 1 atom stereocenters. The minimum absolute atomic E-state index is 0.0153. The number of halogens is 1. The van der Waals surface area contributed by atoms with Crippen LogP contribution in [-0.4, -0.2) is 7.05 Å². The van der Waals surface area contributed by atoms with Crippen LogP contribution in [0.1, 0.15) is 35.2 Å². The predicted molar refractivity (Wildman–Crippen MR) is 84.1 cm³/mol. The lowest BCUT2D eigenvalue weighted by Gasteiger charge is -2.13. The number of ether oxygens (including phenoxy) is 1. The molecule has 3 heteroatoms. The summed E-state index contributed by atoms with van der Waals surface area (Å²) in [5, 5.41) is 3.03. The molecule has 2 aromatic rings. The third-order valence-electron chi connectivity index (χ3n) is 3.56. The van der Waals surface area contributed by atoms with E-state index in [1.807, 2.05) is 20.0 Å². The van der Waals surface area contributed by atoms with Crippen LogP contribution in [0.15, 0.2) is 36.4 Å². The first kappa shape index (κ1) is 15.5. The van der Waals surface area contributed by atoms with Crippen molar-refractivity contribution in [1.29, 1.82) is 0 Å². The van der Waals surface area contributed by atoms with Crippen LogP contribution in [0.2, 0.25) is 0 Å². The van der Waals surface area contributed by atoms with Crippen LogP contribution in [0.25, 0.3) is 0 Å². The van der Waals surface area contributed by atoms with Gasteiger partial charge in [-0.25, -0.2) is 4.39 Å². The molecule has 0 spiro atoms. The molecule has 1 unspecified atom stereocenters. The van der Waals surface area contributed by atoms with Crippen LogP contribution in [-0.2, 0) is 6.61 Å². The van der Waals surface area contributed by atoms with Gasteiger partial charge in [0.15, 0.2) is 0 Å². The zero-order valence-corrected chi connectivity index (χ0v) is 13.0. The van der Waals surface area contributed by atoms with E-state index in [9.17, 15) is 4.39 Å². The second kappa shape index (κ2) is 6.72. The van der Waals surface area contributed by atoms with E-state index in [-0.39, 0.29) is 11.9 Å². The lowest BCUT2D eigenvalue weighted by Crippen LogP contribution is -2.13. The molecule has 2 rings (SSSR count). The highest BCUT2D eigenvalue weighted by atomic mass is 19.1. The minimum Gasteiger partial charge on any atom is -0.489 e. The minimum atomic E-state index is -0.241. The summed E-state index contributed by atoms with van der Waals surface area (Å²) in [5.74, 6) is 0.313. The molecular weight excluding hydrogens is 265 g/mol. The second-order valence-corrected chi connectivity index (χ2v) is 5.48. The van der Waals surface area contributed by atoms with Gasteiger partial charge < -0.3 is 10.1 Å². The smallest absolute Gasteiger partial charge is 0.131 e. The van der Waals surface area contributed by atoms with Crippen LogP contribution < -0.4 is 10.1 Å². The Morgan fingerprint density at radius 2 is 1.76 bits per heavy atom. The first-order valence-electron chi connectivity index (χ1n) is 7.16. The molecule has 0 aromatic heterocycles. The van der Waals surface area contributed by atoms with Gasteiger partial charge in [-0.2, -0.15) is 0 Å². The van der Waals surface area contributed by atoms with Crippen molar-refractivity contribution in [2.45, 2.75) is 33.4 Å². The van der Waals surface area contributed by atoms with Crippen LogP contribution in [0, 0.1) is 19.7 Å². The number of hydrogen-bond acceptors (Lipinski definition) is 2. The normalized spacial score (nSPS) is 12.2. The fourth-order valence-corrected chi connectivity index (χ4v) is 2.42. The molecule has 0 bridgehead atoms. The average molecular weight is 287 g/mol. The third-order valence-corrected chi connectivity index (χ3v) is 3.56. The number of hydrogen-bond donors (Lipinski definition) is 1. The zero-order valence-electron chi connectivity index (χ0n) is 13.0. The van der Waals surface area contributed by atoms with Crippen LogP contribution in [0.3, 0.4) is 0 Å². The Hall–Kier alpha value is -1.87. The summed E-state index contributed by atoms with van der Waals surface area (Å²) < 4.78 is 19.7. The fourth-order valence-electron chi connectivity index (χ4n) is 2.42. The summed E-state index contributed by atoms with van der Waals surface area (Å²) in [6, 6.07) is 11.3. The monoisotopic (exact) mass is 287 g/mol. The van der Waals surface area contributed by atoms with Gasteiger partial charge in [0, 0.05) is 17.7 Å². The summed E-state index contributed by atoms with van der Waals surface area (Å²) in [5.41, 5.74) is 4.16.